The Kier molecular flexibility index (Phi) is 3.47. The molecule has 3 rings (SSSR count). The molecule has 0 bridgehead atoms. The number of nitrogens with zero attached hydrogens (tertiary/aromatic N) is 3. The lowest BCUT2D eigenvalue weighted by atomic mass is 9.76. The number of aryl methyl sites for hydroxylation is 1. The Morgan fingerprint density at radius 3 is 2.80 bits per heavy atom. The van der Waals surface area contributed by atoms with Gasteiger partial charge in [-0.1, -0.05) is 44.2 Å². The molecule has 0 radical (unpaired) electrons. The van der Waals surface area contributed by atoms with Crippen LogP contribution in [-0.2, 0) is 11.8 Å². The summed E-state index contributed by atoms with van der Waals surface area (Å²) in [6.45, 7) is 6.31. The van der Waals surface area contributed by atoms with Crippen molar-refractivity contribution in [2.75, 3.05) is 18.0 Å². The minimum Gasteiger partial charge on any atom is -0.337 e. The largest absolute Gasteiger partial charge is 0.337 e. The minimum absolute atomic E-state index is 0.159. The van der Waals surface area contributed by atoms with Gasteiger partial charge in [-0.2, -0.15) is 4.98 Å². The lowest BCUT2D eigenvalue weighted by Gasteiger charge is -2.40. The average molecular weight is 271 g/mol. The molecule has 1 fully saturated rings. The van der Waals surface area contributed by atoms with Crippen molar-refractivity contribution in [3.8, 4) is 0 Å². The van der Waals surface area contributed by atoms with Gasteiger partial charge in [0.05, 0.1) is 0 Å². The van der Waals surface area contributed by atoms with E-state index in [1.165, 1.54) is 12.0 Å². The van der Waals surface area contributed by atoms with Crippen molar-refractivity contribution in [2.24, 2.45) is 0 Å². The van der Waals surface area contributed by atoms with Crippen molar-refractivity contribution in [2.45, 2.75) is 38.5 Å². The van der Waals surface area contributed by atoms with Crippen LogP contribution in [0.2, 0.25) is 0 Å². The van der Waals surface area contributed by atoms with E-state index in [0.717, 1.165) is 31.9 Å². The first kappa shape index (κ1) is 13.2. The molecular formula is C16H21N3O. The third-order valence-electron chi connectivity index (χ3n) is 4.21. The first-order chi connectivity index (χ1) is 9.71. The first-order valence-electron chi connectivity index (χ1n) is 7.34. The fraction of sp³-hybridized carbons (Fsp3) is 0.500. The Morgan fingerprint density at radius 1 is 1.30 bits per heavy atom. The Hall–Kier alpha value is -1.84. The third kappa shape index (κ3) is 2.42. The normalized spacial score (nSPS) is 23.0. The number of hydrogen-bond acceptors (Lipinski definition) is 4. The van der Waals surface area contributed by atoms with E-state index in [1.54, 1.807) is 0 Å². The van der Waals surface area contributed by atoms with Crippen LogP contribution in [0, 0.1) is 0 Å². The predicted octanol–water partition coefficient (Wildman–Crippen LogP) is 3.19. The van der Waals surface area contributed by atoms with Gasteiger partial charge >= 0.3 is 0 Å². The highest BCUT2D eigenvalue weighted by Gasteiger charge is 2.34. The van der Waals surface area contributed by atoms with Gasteiger partial charge in [0.25, 0.3) is 5.95 Å². The summed E-state index contributed by atoms with van der Waals surface area (Å²) < 4.78 is 5.24. The lowest BCUT2D eigenvalue weighted by Crippen LogP contribution is -2.44. The summed E-state index contributed by atoms with van der Waals surface area (Å²) in [5.41, 5.74) is 1.55. The SMILES string of the molecule is CCc1nc(N2CCCC(C)(c3ccccc3)C2)no1. The van der Waals surface area contributed by atoms with Crippen LogP contribution in [0.4, 0.5) is 5.95 Å². The molecule has 20 heavy (non-hydrogen) atoms. The van der Waals surface area contributed by atoms with Crippen LogP contribution in [0.15, 0.2) is 34.9 Å². The van der Waals surface area contributed by atoms with Crippen LogP contribution in [0.25, 0.3) is 0 Å². The third-order valence-corrected chi connectivity index (χ3v) is 4.21. The summed E-state index contributed by atoms with van der Waals surface area (Å²) in [5, 5.41) is 4.11. The van der Waals surface area contributed by atoms with Gasteiger partial charge in [0.2, 0.25) is 5.89 Å². The van der Waals surface area contributed by atoms with Crippen molar-refractivity contribution in [3.63, 3.8) is 0 Å². The van der Waals surface area contributed by atoms with Gasteiger partial charge in [-0.25, -0.2) is 0 Å². The fourth-order valence-electron chi connectivity index (χ4n) is 3.00. The molecule has 4 heteroatoms. The van der Waals surface area contributed by atoms with Gasteiger partial charge in [0, 0.05) is 24.9 Å². The van der Waals surface area contributed by atoms with Crippen LogP contribution >= 0.6 is 0 Å². The van der Waals surface area contributed by atoms with Gasteiger partial charge in [-0.3, -0.25) is 0 Å². The fourth-order valence-corrected chi connectivity index (χ4v) is 3.00. The average Bonchev–Trinajstić information content (AvgIpc) is 2.97. The summed E-state index contributed by atoms with van der Waals surface area (Å²) in [5.74, 6) is 1.45. The van der Waals surface area contributed by atoms with Crippen molar-refractivity contribution >= 4 is 5.95 Å². The van der Waals surface area contributed by atoms with Crippen molar-refractivity contribution < 1.29 is 4.52 Å². The molecule has 4 nitrogen and oxygen atoms in total. The molecule has 106 valence electrons. The molecule has 0 amide bonds. The maximum absolute atomic E-state index is 5.24. The molecule has 1 atom stereocenters. The zero-order chi connectivity index (χ0) is 14.0. The van der Waals surface area contributed by atoms with Gasteiger partial charge in [-0.15, -0.1) is 0 Å². The van der Waals surface area contributed by atoms with Crippen LogP contribution in [0.5, 0.6) is 0 Å². The Labute approximate surface area is 119 Å². The maximum atomic E-state index is 5.24. The van der Waals surface area contributed by atoms with E-state index in [1.807, 2.05) is 6.92 Å². The van der Waals surface area contributed by atoms with E-state index in [9.17, 15) is 0 Å². The monoisotopic (exact) mass is 271 g/mol. The molecule has 1 aromatic heterocycles. The highest BCUT2D eigenvalue weighted by atomic mass is 16.5. The van der Waals surface area contributed by atoms with Crippen LogP contribution < -0.4 is 4.90 Å². The Bertz CT molecular complexity index is 566. The molecule has 2 aromatic rings. The maximum Gasteiger partial charge on any atom is 0.266 e. The topological polar surface area (TPSA) is 42.2 Å². The van der Waals surface area contributed by atoms with Gasteiger partial charge in [0.1, 0.15) is 0 Å². The van der Waals surface area contributed by atoms with E-state index in [4.69, 9.17) is 4.52 Å². The molecule has 1 saturated heterocycles. The van der Waals surface area contributed by atoms with Crippen LogP contribution in [0.3, 0.4) is 0 Å². The smallest absolute Gasteiger partial charge is 0.266 e. The van der Waals surface area contributed by atoms with Gasteiger partial charge < -0.3 is 9.42 Å². The summed E-state index contributed by atoms with van der Waals surface area (Å²) >= 11 is 0. The zero-order valence-corrected chi connectivity index (χ0v) is 12.2. The summed E-state index contributed by atoms with van der Waals surface area (Å²) in [4.78, 5) is 6.71. The number of rotatable bonds is 3. The quantitative estimate of drug-likeness (QED) is 0.859. The number of anilines is 1. The first-order valence-corrected chi connectivity index (χ1v) is 7.34. The molecule has 1 aliphatic heterocycles. The van der Waals surface area contributed by atoms with Gasteiger partial charge in [-0.05, 0) is 23.6 Å². The molecule has 0 saturated carbocycles. The number of benzene rings is 1. The second-order valence-electron chi connectivity index (χ2n) is 5.79. The molecular weight excluding hydrogens is 250 g/mol. The second kappa shape index (κ2) is 5.27. The van der Waals surface area contributed by atoms with E-state index in [-0.39, 0.29) is 5.41 Å². The van der Waals surface area contributed by atoms with Crippen molar-refractivity contribution in [1.82, 2.24) is 10.1 Å². The zero-order valence-electron chi connectivity index (χ0n) is 12.2. The molecule has 1 aromatic carbocycles. The van der Waals surface area contributed by atoms with E-state index < -0.39 is 0 Å². The van der Waals surface area contributed by atoms with Crippen molar-refractivity contribution in [3.05, 3.63) is 41.8 Å². The summed E-state index contributed by atoms with van der Waals surface area (Å²) in [6.07, 6.45) is 3.14. The summed E-state index contributed by atoms with van der Waals surface area (Å²) in [6, 6.07) is 10.7. The predicted molar refractivity (Wildman–Crippen MR) is 78.9 cm³/mol. The van der Waals surface area contributed by atoms with E-state index in [0.29, 0.717) is 5.89 Å². The number of hydrogen-bond donors (Lipinski definition) is 0. The molecule has 2 heterocycles. The Morgan fingerprint density at radius 2 is 2.10 bits per heavy atom. The highest BCUT2D eigenvalue weighted by molar-refractivity contribution is 5.35. The molecule has 1 unspecified atom stereocenters. The number of piperidine rings is 1. The lowest BCUT2D eigenvalue weighted by molar-refractivity contribution is 0.357. The molecule has 0 N–H and O–H groups in total. The van der Waals surface area contributed by atoms with Gasteiger partial charge in [0.15, 0.2) is 0 Å². The Balaban J connectivity index is 1.82. The minimum atomic E-state index is 0.159. The molecule has 1 aliphatic rings. The molecule has 0 aliphatic carbocycles. The summed E-state index contributed by atoms with van der Waals surface area (Å²) in [7, 11) is 0. The van der Waals surface area contributed by atoms with Crippen LogP contribution in [0.1, 0.15) is 38.1 Å². The van der Waals surface area contributed by atoms with E-state index >= 15 is 0 Å². The van der Waals surface area contributed by atoms with E-state index in [2.05, 4.69) is 52.3 Å². The highest BCUT2D eigenvalue weighted by Crippen LogP contribution is 2.34. The second-order valence-corrected chi connectivity index (χ2v) is 5.79. The van der Waals surface area contributed by atoms with Crippen LogP contribution in [-0.4, -0.2) is 23.2 Å². The molecule has 0 spiro atoms. The standard InChI is InChI=1S/C16H21N3O/c1-3-14-17-15(18-20-14)19-11-7-10-16(2,12-19)13-8-5-4-6-9-13/h4-6,8-9H,3,7,10-12H2,1-2H3. The van der Waals surface area contributed by atoms with Crippen molar-refractivity contribution in [1.29, 1.82) is 0 Å². The number of aromatic nitrogens is 2.